The van der Waals surface area contributed by atoms with Crippen molar-refractivity contribution in [2.45, 2.75) is 30.6 Å². The molecule has 0 radical (unpaired) electrons. The number of pyridine rings is 1. The van der Waals surface area contributed by atoms with Crippen LogP contribution in [-0.2, 0) is 5.41 Å². The molecule has 32 heavy (non-hydrogen) atoms. The monoisotopic (exact) mass is 412 g/mol. The van der Waals surface area contributed by atoms with Crippen LogP contribution in [0.4, 0.5) is 5.69 Å². The Labute approximate surface area is 188 Å². The highest BCUT2D eigenvalue weighted by molar-refractivity contribution is 5.95. The van der Waals surface area contributed by atoms with Crippen LogP contribution < -0.4 is 5.32 Å². The quantitative estimate of drug-likeness (QED) is 0.496. The van der Waals surface area contributed by atoms with Crippen LogP contribution >= 0.6 is 0 Å². The zero-order valence-corrected chi connectivity index (χ0v) is 17.9. The summed E-state index contributed by atoms with van der Waals surface area (Å²) < 4.78 is 0. The van der Waals surface area contributed by atoms with Crippen LogP contribution in [0.2, 0.25) is 0 Å². The number of allylic oxidation sites excluding steroid dienone is 8. The van der Waals surface area contributed by atoms with Crippen LogP contribution in [0.15, 0.2) is 109 Å². The standard InChI is InChI=1S/C30H24N2/c1-2-8-20(9-3-1)30(21-16-18-31-19-17-21)25-12-6-4-11-24(25)28-26(30)15-14-23-22-10-5-7-13-27(22)32-29(23)28/h1-3,5-9,12-19,22,32H,4,10-11H2. The van der Waals surface area contributed by atoms with Crippen LogP contribution in [0.1, 0.15) is 53.0 Å². The molecule has 2 aromatic carbocycles. The topological polar surface area (TPSA) is 24.9 Å². The number of hydrogen-bond acceptors (Lipinski definition) is 2. The lowest BCUT2D eigenvalue weighted by molar-refractivity contribution is 0.753. The number of benzene rings is 2. The smallest absolute Gasteiger partial charge is 0.0712 e. The van der Waals surface area contributed by atoms with E-state index in [0.29, 0.717) is 5.92 Å². The van der Waals surface area contributed by atoms with Gasteiger partial charge in [0.15, 0.2) is 0 Å². The lowest BCUT2D eigenvalue weighted by Gasteiger charge is -2.35. The summed E-state index contributed by atoms with van der Waals surface area (Å²) >= 11 is 0. The summed E-state index contributed by atoms with van der Waals surface area (Å²) in [6.07, 6.45) is 18.6. The Morgan fingerprint density at radius 1 is 0.906 bits per heavy atom. The minimum atomic E-state index is -0.317. The molecule has 1 aliphatic heterocycles. The van der Waals surface area contributed by atoms with Crippen LogP contribution in [0.25, 0.3) is 5.57 Å². The maximum absolute atomic E-state index is 4.35. The van der Waals surface area contributed by atoms with E-state index in [9.17, 15) is 0 Å². The van der Waals surface area contributed by atoms with Crippen LogP contribution in [0.5, 0.6) is 0 Å². The van der Waals surface area contributed by atoms with E-state index >= 15 is 0 Å². The average Bonchev–Trinajstić information content (AvgIpc) is 3.39. The van der Waals surface area contributed by atoms with Crippen molar-refractivity contribution in [3.8, 4) is 0 Å². The Balaban J connectivity index is 1.59. The number of aromatic nitrogens is 1. The molecule has 2 heteroatoms. The fourth-order valence-corrected chi connectivity index (χ4v) is 6.37. The predicted molar refractivity (Wildman–Crippen MR) is 131 cm³/mol. The minimum Gasteiger partial charge on any atom is -0.358 e. The number of fused-ring (bicyclic) bond motifs is 6. The summed E-state index contributed by atoms with van der Waals surface area (Å²) in [5, 5.41) is 3.85. The van der Waals surface area contributed by atoms with Crippen molar-refractivity contribution >= 4 is 11.3 Å². The summed E-state index contributed by atoms with van der Waals surface area (Å²) in [5.41, 5.74) is 12.1. The third kappa shape index (κ3) is 2.22. The van der Waals surface area contributed by atoms with E-state index in [-0.39, 0.29) is 5.41 Å². The van der Waals surface area contributed by atoms with Crippen LogP contribution in [0.3, 0.4) is 0 Å². The second-order valence-electron chi connectivity index (χ2n) is 9.10. The van der Waals surface area contributed by atoms with E-state index in [1.165, 1.54) is 50.3 Å². The van der Waals surface area contributed by atoms with Gasteiger partial charge in [-0.2, -0.15) is 0 Å². The second-order valence-corrected chi connectivity index (χ2v) is 9.10. The molecule has 0 saturated carbocycles. The molecule has 0 saturated heterocycles. The van der Waals surface area contributed by atoms with Gasteiger partial charge < -0.3 is 5.32 Å². The summed E-state index contributed by atoms with van der Waals surface area (Å²) in [4.78, 5) is 4.35. The Morgan fingerprint density at radius 2 is 1.75 bits per heavy atom. The van der Waals surface area contributed by atoms with Gasteiger partial charge in [0.1, 0.15) is 0 Å². The maximum atomic E-state index is 4.35. The molecule has 1 aromatic heterocycles. The maximum Gasteiger partial charge on any atom is 0.0712 e. The first kappa shape index (κ1) is 18.0. The van der Waals surface area contributed by atoms with Crippen molar-refractivity contribution in [3.05, 3.63) is 136 Å². The van der Waals surface area contributed by atoms with E-state index in [1.807, 2.05) is 12.4 Å². The molecule has 0 spiro atoms. The highest BCUT2D eigenvalue weighted by atomic mass is 14.9. The summed E-state index contributed by atoms with van der Waals surface area (Å²) in [7, 11) is 0. The minimum absolute atomic E-state index is 0.317. The van der Waals surface area contributed by atoms with Gasteiger partial charge in [0.2, 0.25) is 0 Å². The lowest BCUT2D eigenvalue weighted by Crippen LogP contribution is -2.29. The molecular formula is C30H24N2. The number of nitrogens with one attached hydrogen (secondary N) is 1. The molecule has 2 heterocycles. The van der Waals surface area contributed by atoms with Crippen molar-refractivity contribution in [2.75, 3.05) is 5.32 Å². The average molecular weight is 413 g/mol. The van der Waals surface area contributed by atoms with E-state index < -0.39 is 0 Å². The zero-order chi connectivity index (χ0) is 21.1. The molecular weight excluding hydrogens is 388 g/mol. The van der Waals surface area contributed by atoms with Gasteiger partial charge in [-0.05, 0) is 70.9 Å². The molecule has 1 N–H and O–H groups in total. The van der Waals surface area contributed by atoms with Gasteiger partial charge in [0, 0.05) is 29.6 Å². The van der Waals surface area contributed by atoms with Gasteiger partial charge in [-0.15, -0.1) is 0 Å². The molecule has 7 rings (SSSR count). The first-order valence-electron chi connectivity index (χ1n) is 11.6. The molecule has 3 aromatic rings. The molecule has 2 unspecified atom stereocenters. The number of rotatable bonds is 2. The van der Waals surface area contributed by atoms with Gasteiger partial charge in [0.05, 0.1) is 11.1 Å². The Morgan fingerprint density at radius 3 is 2.62 bits per heavy atom. The number of anilines is 1. The Bertz CT molecular complexity index is 1320. The molecule has 0 bridgehead atoms. The number of nitrogens with zero attached hydrogens (tertiary/aromatic N) is 1. The van der Waals surface area contributed by atoms with Crippen molar-refractivity contribution in [1.29, 1.82) is 0 Å². The molecule has 3 aliphatic carbocycles. The lowest BCUT2D eigenvalue weighted by atomic mass is 9.66. The van der Waals surface area contributed by atoms with E-state index in [4.69, 9.17) is 0 Å². The largest absolute Gasteiger partial charge is 0.358 e. The Hall–Kier alpha value is -3.65. The molecule has 0 amide bonds. The van der Waals surface area contributed by atoms with Crippen LogP contribution in [0, 0.1) is 0 Å². The Kier molecular flexibility index (Phi) is 3.75. The first-order chi connectivity index (χ1) is 15.9. The fraction of sp³-hybridized carbons (Fsp3) is 0.167. The third-order valence-electron chi connectivity index (χ3n) is 7.64. The highest BCUT2D eigenvalue weighted by Gasteiger charge is 2.49. The SMILES string of the molecule is C1=CCC2C(=C1)Nc1c2ccc2c1C1=C(C=CCC1)C2(c1ccccc1)c1ccncc1. The second kappa shape index (κ2) is 6.67. The van der Waals surface area contributed by atoms with Crippen molar-refractivity contribution < 1.29 is 0 Å². The molecule has 2 atom stereocenters. The first-order valence-corrected chi connectivity index (χ1v) is 11.6. The van der Waals surface area contributed by atoms with E-state index in [0.717, 1.165) is 19.3 Å². The predicted octanol–water partition coefficient (Wildman–Crippen LogP) is 6.89. The van der Waals surface area contributed by atoms with Crippen molar-refractivity contribution in [1.82, 2.24) is 4.98 Å². The zero-order valence-electron chi connectivity index (χ0n) is 17.9. The molecule has 4 aliphatic rings. The normalized spacial score (nSPS) is 24.4. The summed E-state index contributed by atoms with van der Waals surface area (Å²) in [6.45, 7) is 0. The van der Waals surface area contributed by atoms with Crippen LogP contribution in [-0.4, -0.2) is 4.98 Å². The molecule has 0 fully saturated rings. The highest BCUT2D eigenvalue weighted by Crippen LogP contribution is 2.60. The van der Waals surface area contributed by atoms with Crippen molar-refractivity contribution in [2.24, 2.45) is 0 Å². The molecule has 2 nitrogen and oxygen atoms in total. The third-order valence-corrected chi connectivity index (χ3v) is 7.64. The summed E-state index contributed by atoms with van der Waals surface area (Å²) in [6, 6.07) is 20.2. The van der Waals surface area contributed by atoms with Gasteiger partial charge in [-0.25, -0.2) is 0 Å². The van der Waals surface area contributed by atoms with Crippen molar-refractivity contribution in [3.63, 3.8) is 0 Å². The molecule has 154 valence electrons. The van der Waals surface area contributed by atoms with Gasteiger partial charge in [-0.3, -0.25) is 4.98 Å². The van der Waals surface area contributed by atoms with Gasteiger partial charge in [0.25, 0.3) is 0 Å². The van der Waals surface area contributed by atoms with E-state index in [2.05, 4.69) is 95.3 Å². The fourth-order valence-electron chi connectivity index (χ4n) is 6.37. The van der Waals surface area contributed by atoms with Gasteiger partial charge in [-0.1, -0.05) is 66.8 Å². The number of hydrogen-bond donors (Lipinski definition) is 1. The van der Waals surface area contributed by atoms with Gasteiger partial charge >= 0.3 is 0 Å². The summed E-state index contributed by atoms with van der Waals surface area (Å²) in [5.74, 6) is 0.455. The van der Waals surface area contributed by atoms with E-state index in [1.54, 1.807) is 0 Å².